The van der Waals surface area contributed by atoms with Gasteiger partial charge in [-0.25, -0.2) is 0 Å². The van der Waals surface area contributed by atoms with Crippen molar-refractivity contribution >= 4 is 11.8 Å². The molecule has 1 aliphatic heterocycles. The second-order valence-electron chi connectivity index (χ2n) is 4.12. The maximum atomic E-state index is 11.6. The van der Waals surface area contributed by atoms with Gasteiger partial charge in [-0.05, 0) is 19.9 Å². The van der Waals surface area contributed by atoms with E-state index in [1.165, 1.54) is 0 Å². The summed E-state index contributed by atoms with van der Waals surface area (Å²) < 4.78 is 1.86. The summed E-state index contributed by atoms with van der Waals surface area (Å²) >= 11 is 0. The molecular weight excluding hydrogens is 220 g/mol. The lowest BCUT2D eigenvalue weighted by Gasteiger charge is -2.26. The Morgan fingerprint density at radius 2 is 2.24 bits per heavy atom. The molecule has 1 aromatic heterocycles. The fraction of sp³-hybridized carbons (Fsp3) is 0.545. The summed E-state index contributed by atoms with van der Waals surface area (Å²) in [4.78, 5) is 24.4. The van der Waals surface area contributed by atoms with Gasteiger partial charge in [-0.3, -0.25) is 14.3 Å². The lowest BCUT2D eigenvalue weighted by molar-refractivity contribution is -0.141. The predicted molar refractivity (Wildman–Crippen MR) is 61.1 cm³/mol. The summed E-state index contributed by atoms with van der Waals surface area (Å²) in [5.41, 5.74) is 1.89. The van der Waals surface area contributed by atoms with Crippen LogP contribution in [-0.4, -0.2) is 39.6 Å². The first-order valence-electron chi connectivity index (χ1n) is 5.68. The van der Waals surface area contributed by atoms with Crippen molar-refractivity contribution in [2.24, 2.45) is 0 Å². The summed E-state index contributed by atoms with van der Waals surface area (Å²) in [6.07, 6.45) is 0. The normalized spacial score (nSPS) is 16.2. The first-order chi connectivity index (χ1) is 8.10. The fourth-order valence-corrected chi connectivity index (χ4v) is 1.94. The molecule has 92 valence electrons. The van der Waals surface area contributed by atoms with Crippen molar-refractivity contribution in [2.75, 3.05) is 13.1 Å². The molecule has 1 aromatic rings. The number of piperazine rings is 1. The molecule has 0 aromatic carbocycles. The van der Waals surface area contributed by atoms with Crippen LogP contribution in [-0.2, 0) is 22.7 Å². The van der Waals surface area contributed by atoms with Crippen LogP contribution in [0.1, 0.15) is 18.3 Å². The van der Waals surface area contributed by atoms with Gasteiger partial charge in [0.2, 0.25) is 11.8 Å². The van der Waals surface area contributed by atoms with Crippen molar-refractivity contribution in [1.82, 2.24) is 20.0 Å². The monoisotopic (exact) mass is 236 g/mol. The Hall–Kier alpha value is -1.85. The molecule has 6 heteroatoms. The van der Waals surface area contributed by atoms with Gasteiger partial charge in [-0.1, -0.05) is 0 Å². The van der Waals surface area contributed by atoms with E-state index in [9.17, 15) is 9.59 Å². The number of nitrogens with one attached hydrogen (secondary N) is 1. The minimum Gasteiger partial charge on any atom is -0.345 e. The molecule has 17 heavy (non-hydrogen) atoms. The highest BCUT2D eigenvalue weighted by Gasteiger charge is 2.24. The smallest absolute Gasteiger partial charge is 0.242 e. The summed E-state index contributed by atoms with van der Waals surface area (Å²) in [5.74, 6) is -0.157. The molecule has 6 nitrogen and oxygen atoms in total. The zero-order chi connectivity index (χ0) is 12.4. The van der Waals surface area contributed by atoms with E-state index in [2.05, 4.69) is 10.4 Å². The van der Waals surface area contributed by atoms with Crippen LogP contribution in [0.3, 0.4) is 0 Å². The first kappa shape index (κ1) is 11.6. The third kappa shape index (κ3) is 2.46. The molecule has 0 saturated carbocycles. The number of aromatic nitrogens is 2. The van der Waals surface area contributed by atoms with Gasteiger partial charge >= 0.3 is 0 Å². The Morgan fingerprint density at radius 1 is 1.47 bits per heavy atom. The van der Waals surface area contributed by atoms with E-state index < -0.39 is 0 Å². The van der Waals surface area contributed by atoms with Gasteiger partial charge in [0.05, 0.1) is 31.0 Å². The Morgan fingerprint density at radius 3 is 2.94 bits per heavy atom. The Kier molecular flexibility index (Phi) is 3.12. The average molecular weight is 236 g/mol. The van der Waals surface area contributed by atoms with Crippen molar-refractivity contribution in [2.45, 2.75) is 26.9 Å². The predicted octanol–water partition coefficient (Wildman–Crippen LogP) is -0.330. The van der Waals surface area contributed by atoms with Gasteiger partial charge in [-0.15, -0.1) is 0 Å². The van der Waals surface area contributed by atoms with E-state index >= 15 is 0 Å². The number of amides is 2. The maximum absolute atomic E-state index is 11.6. The van der Waals surface area contributed by atoms with Crippen LogP contribution in [0.5, 0.6) is 0 Å². The lowest BCUT2D eigenvalue weighted by atomic mass is 10.3. The van der Waals surface area contributed by atoms with E-state index in [0.717, 1.165) is 17.9 Å². The number of carbonyl (C=O) groups is 2. The van der Waals surface area contributed by atoms with Gasteiger partial charge in [0.15, 0.2) is 0 Å². The molecule has 2 rings (SSSR count). The highest BCUT2D eigenvalue weighted by atomic mass is 16.2. The van der Waals surface area contributed by atoms with E-state index in [0.29, 0.717) is 6.54 Å². The number of hydrogen-bond donors (Lipinski definition) is 1. The van der Waals surface area contributed by atoms with Crippen molar-refractivity contribution in [3.05, 3.63) is 17.5 Å². The number of hydrogen-bond acceptors (Lipinski definition) is 3. The van der Waals surface area contributed by atoms with Crippen LogP contribution in [0, 0.1) is 6.92 Å². The van der Waals surface area contributed by atoms with Gasteiger partial charge in [0.1, 0.15) is 0 Å². The number of rotatable bonds is 3. The first-order valence-corrected chi connectivity index (χ1v) is 5.68. The SMILES string of the molecule is CCn1nc(C)cc1CN1CC(=O)NCC1=O. The van der Waals surface area contributed by atoms with Gasteiger partial charge in [0.25, 0.3) is 0 Å². The molecule has 1 N–H and O–H groups in total. The van der Waals surface area contributed by atoms with Crippen LogP contribution in [0.25, 0.3) is 0 Å². The summed E-state index contributed by atoms with van der Waals surface area (Å²) in [7, 11) is 0. The molecule has 0 unspecified atom stereocenters. The topological polar surface area (TPSA) is 67.2 Å². The standard InChI is InChI=1S/C11H16N4O2/c1-3-15-9(4-8(2)13-15)6-14-7-10(16)12-5-11(14)17/h4H,3,5-7H2,1-2H3,(H,12,16). The number of nitrogens with zero attached hydrogens (tertiary/aromatic N) is 3. The molecule has 0 aliphatic carbocycles. The second-order valence-corrected chi connectivity index (χ2v) is 4.12. The minimum atomic E-state index is -0.108. The molecule has 0 spiro atoms. The van der Waals surface area contributed by atoms with Crippen LogP contribution >= 0.6 is 0 Å². The zero-order valence-electron chi connectivity index (χ0n) is 10.1. The third-order valence-corrected chi connectivity index (χ3v) is 2.76. The van der Waals surface area contributed by atoms with Crippen LogP contribution < -0.4 is 5.32 Å². The number of aryl methyl sites for hydroxylation is 2. The quantitative estimate of drug-likeness (QED) is 0.781. The molecular formula is C11H16N4O2. The Bertz CT molecular complexity index is 452. The van der Waals surface area contributed by atoms with Crippen molar-refractivity contribution in [1.29, 1.82) is 0 Å². The lowest BCUT2D eigenvalue weighted by Crippen LogP contribution is -2.51. The number of carbonyl (C=O) groups excluding carboxylic acids is 2. The molecule has 2 amide bonds. The molecule has 1 fully saturated rings. The molecule has 1 aliphatic rings. The maximum Gasteiger partial charge on any atom is 0.242 e. The second kappa shape index (κ2) is 4.57. The molecule has 0 atom stereocenters. The minimum absolute atomic E-state index is 0.0499. The van der Waals surface area contributed by atoms with Gasteiger partial charge in [-0.2, -0.15) is 5.10 Å². The Balaban J connectivity index is 2.13. The molecule has 1 saturated heterocycles. The zero-order valence-corrected chi connectivity index (χ0v) is 10.1. The fourth-order valence-electron chi connectivity index (χ4n) is 1.94. The summed E-state index contributed by atoms with van der Waals surface area (Å²) in [6, 6.07) is 1.95. The highest BCUT2D eigenvalue weighted by molar-refractivity contribution is 5.92. The van der Waals surface area contributed by atoms with E-state index in [1.54, 1.807) is 4.90 Å². The van der Waals surface area contributed by atoms with Crippen molar-refractivity contribution < 1.29 is 9.59 Å². The van der Waals surface area contributed by atoms with Crippen molar-refractivity contribution in [3.8, 4) is 0 Å². The van der Waals surface area contributed by atoms with Gasteiger partial charge < -0.3 is 10.2 Å². The largest absolute Gasteiger partial charge is 0.345 e. The van der Waals surface area contributed by atoms with E-state index in [-0.39, 0.29) is 24.9 Å². The van der Waals surface area contributed by atoms with E-state index in [1.807, 2.05) is 24.6 Å². The van der Waals surface area contributed by atoms with Crippen molar-refractivity contribution in [3.63, 3.8) is 0 Å². The average Bonchev–Trinajstić information content (AvgIpc) is 2.64. The van der Waals surface area contributed by atoms with Gasteiger partial charge in [0, 0.05) is 6.54 Å². The van der Waals surface area contributed by atoms with Crippen LogP contribution in [0.4, 0.5) is 0 Å². The third-order valence-electron chi connectivity index (χ3n) is 2.76. The summed E-state index contributed by atoms with van der Waals surface area (Å²) in [5, 5.41) is 6.85. The summed E-state index contributed by atoms with van der Waals surface area (Å²) in [6.45, 7) is 5.35. The molecule has 2 heterocycles. The van der Waals surface area contributed by atoms with Crippen LogP contribution in [0.2, 0.25) is 0 Å². The van der Waals surface area contributed by atoms with Crippen LogP contribution in [0.15, 0.2) is 6.07 Å². The molecule has 0 radical (unpaired) electrons. The van der Waals surface area contributed by atoms with E-state index in [4.69, 9.17) is 0 Å². The molecule has 0 bridgehead atoms. The highest BCUT2D eigenvalue weighted by Crippen LogP contribution is 2.09. The Labute approximate surface area is 99.6 Å².